The number of nitrogens with zero attached hydrogens (tertiary/aromatic N) is 2. The number of carbonyl (C=O) groups is 2. The first-order valence-electron chi connectivity index (χ1n) is 8.38. The second-order valence-corrected chi connectivity index (χ2v) is 6.30. The van der Waals surface area contributed by atoms with Gasteiger partial charge in [0.25, 0.3) is 5.91 Å². The molecule has 0 aliphatic carbocycles. The number of nitrogens with one attached hydrogen (secondary N) is 1. The van der Waals surface area contributed by atoms with Crippen LogP contribution in [-0.4, -0.2) is 26.8 Å². The highest BCUT2D eigenvalue weighted by Crippen LogP contribution is 2.20. The molecule has 0 saturated carbocycles. The summed E-state index contributed by atoms with van der Waals surface area (Å²) in [7, 11) is 0. The Hall–Kier alpha value is -3.55. The first kappa shape index (κ1) is 19.2. The van der Waals surface area contributed by atoms with Crippen LogP contribution in [0.3, 0.4) is 0 Å². The molecule has 2 N–H and O–H groups in total. The molecule has 0 spiro atoms. The predicted molar refractivity (Wildman–Crippen MR) is 97.2 cm³/mol. The van der Waals surface area contributed by atoms with Crippen LogP contribution < -0.4 is 5.32 Å². The van der Waals surface area contributed by atoms with Gasteiger partial charge in [0.2, 0.25) is 0 Å². The zero-order chi connectivity index (χ0) is 20.4. The van der Waals surface area contributed by atoms with Crippen molar-refractivity contribution in [1.29, 1.82) is 0 Å². The molecule has 3 aromatic rings. The third-order valence-corrected chi connectivity index (χ3v) is 4.18. The molecule has 3 rings (SSSR count). The Kier molecular flexibility index (Phi) is 5.21. The van der Waals surface area contributed by atoms with Crippen molar-refractivity contribution in [3.63, 3.8) is 0 Å². The molecule has 0 aliphatic rings. The molecule has 0 radical (unpaired) electrons. The normalized spacial score (nSPS) is 11.9. The number of benzene rings is 2. The Morgan fingerprint density at radius 2 is 1.75 bits per heavy atom. The van der Waals surface area contributed by atoms with Gasteiger partial charge in [0.1, 0.15) is 11.6 Å². The molecule has 0 bridgehead atoms. The van der Waals surface area contributed by atoms with Crippen LogP contribution in [0.2, 0.25) is 0 Å². The molecule has 2 aromatic carbocycles. The van der Waals surface area contributed by atoms with E-state index in [0.717, 1.165) is 29.2 Å². The third kappa shape index (κ3) is 3.90. The minimum Gasteiger partial charge on any atom is -0.479 e. The van der Waals surface area contributed by atoms with Crippen LogP contribution in [-0.2, 0) is 4.79 Å². The SMILES string of the molecule is Cc1cc(C)n(-c2ccc(C(=O)N[C@@H](C(=O)O)c3ccc(F)cc3F)cc2)n1. The van der Waals surface area contributed by atoms with Gasteiger partial charge in [0.15, 0.2) is 6.04 Å². The zero-order valence-corrected chi connectivity index (χ0v) is 15.1. The molecule has 0 fully saturated rings. The van der Waals surface area contributed by atoms with Crippen LogP contribution in [0, 0.1) is 25.5 Å². The van der Waals surface area contributed by atoms with Crippen LogP contribution in [0.25, 0.3) is 5.69 Å². The molecular weight excluding hydrogens is 368 g/mol. The van der Waals surface area contributed by atoms with Gasteiger partial charge in [0.05, 0.1) is 11.4 Å². The van der Waals surface area contributed by atoms with Gasteiger partial charge in [-0.2, -0.15) is 5.10 Å². The van der Waals surface area contributed by atoms with Crippen LogP contribution in [0.1, 0.15) is 33.4 Å². The molecule has 0 unspecified atom stereocenters. The lowest BCUT2D eigenvalue weighted by molar-refractivity contribution is -0.139. The van der Waals surface area contributed by atoms with Crippen molar-refractivity contribution in [2.24, 2.45) is 0 Å². The minimum atomic E-state index is -1.65. The Labute approximate surface area is 159 Å². The maximum Gasteiger partial charge on any atom is 0.331 e. The molecule has 8 heteroatoms. The smallest absolute Gasteiger partial charge is 0.331 e. The van der Waals surface area contributed by atoms with E-state index >= 15 is 0 Å². The van der Waals surface area contributed by atoms with Crippen molar-refractivity contribution < 1.29 is 23.5 Å². The number of carboxylic acid groups (broad SMARTS) is 1. The summed E-state index contributed by atoms with van der Waals surface area (Å²) in [4.78, 5) is 23.9. The van der Waals surface area contributed by atoms with Gasteiger partial charge in [-0.1, -0.05) is 6.07 Å². The molecule has 0 aliphatic heterocycles. The molecule has 1 aromatic heterocycles. The molecular formula is C20H17F2N3O3. The summed E-state index contributed by atoms with van der Waals surface area (Å²) in [5.74, 6) is -4.04. The Bertz CT molecular complexity index is 1050. The summed E-state index contributed by atoms with van der Waals surface area (Å²) in [5.41, 5.74) is 2.37. The Balaban J connectivity index is 1.82. The topological polar surface area (TPSA) is 84.2 Å². The summed E-state index contributed by atoms with van der Waals surface area (Å²) in [6, 6.07) is 9.13. The first-order chi connectivity index (χ1) is 13.3. The highest BCUT2D eigenvalue weighted by Gasteiger charge is 2.26. The van der Waals surface area contributed by atoms with Gasteiger partial charge in [-0.15, -0.1) is 0 Å². The molecule has 144 valence electrons. The van der Waals surface area contributed by atoms with E-state index in [0.29, 0.717) is 6.07 Å². The molecule has 1 amide bonds. The summed E-state index contributed by atoms with van der Waals surface area (Å²) < 4.78 is 28.7. The van der Waals surface area contributed by atoms with E-state index in [4.69, 9.17) is 0 Å². The number of amides is 1. The van der Waals surface area contributed by atoms with Crippen LogP contribution in [0.15, 0.2) is 48.5 Å². The number of aromatic nitrogens is 2. The number of halogens is 2. The quantitative estimate of drug-likeness (QED) is 0.706. The van der Waals surface area contributed by atoms with E-state index < -0.39 is 29.6 Å². The van der Waals surface area contributed by atoms with E-state index in [1.54, 1.807) is 16.8 Å². The standard InChI is InChI=1S/C20H17F2N3O3/c1-11-9-12(2)25(24-11)15-6-3-13(4-7-15)19(26)23-18(20(27)28)16-8-5-14(21)10-17(16)22/h3-10,18H,1-2H3,(H,23,26)(H,27,28)/t18-/m1/s1. The number of carboxylic acids is 1. The molecule has 1 atom stereocenters. The number of aryl methyl sites for hydroxylation is 2. The van der Waals surface area contributed by atoms with Gasteiger partial charge in [-0.25, -0.2) is 18.3 Å². The lowest BCUT2D eigenvalue weighted by Crippen LogP contribution is -2.34. The molecule has 6 nitrogen and oxygen atoms in total. The number of hydrogen-bond donors (Lipinski definition) is 2. The summed E-state index contributed by atoms with van der Waals surface area (Å²) in [6.07, 6.45) is 0. The van der Waals surface area contributed by atoms with Crippen molar-refractivity contribution in [3.05, 3.63) is 82.7 Å². The number of carbonyl (C=O) groups excluding carboxylic acids is 1. The highest BCUT2D eigenvalue weighted by molar-refractivity contribution is 5.97. The van der Waals surface area contributed by atoms with Crippen molar-refractivity contribution in [3.8, 4) is 5.69 Å². The fourth-order valence-electron chi connectivity index (χ4n) is 2.87. The third-order valence-electron chi connectivity index (χ3n) is 4.18. The molecule has 28 heavy (non-hydrogen) atoms. The van der Waals surface area contributed by atoms with Crippen LogP contribution in [0.5, 0.6) is 0 Å². The average molecular weight is 385 g/mol. The number of rotatable bonds is 5. The maximum absolute atomic E-state index is 13.9. The fraction of sp³-hybridized carbons (Fsp3) is 0.150. The first-order valence-corrected chi connectivity index (χ1v) is 8.38. The second kappa shape index (κ2) is 7.59. The van der Waals surface area contributed by atoms with Crippen molar-refractivity contribution in [2.45, 2.75) is 19.9 Å². The van der Waals surface area contributed by atoms with Crippen LogP contribution >= 0.6 is 0 Å². The van der Waals surface area contributed by atoms with Gasteiger partial charge in [-0.3, -0.25) is 4.79 Å². The summed E-state index contributed by atoms with van der Waals surface area (Å²) >= 11 is 0. The highest BCUT2D eigenvalue weighted by atomic mass is 19.1. The van der Waals surface area contributed by atoms with Crippen molar-refractivity contribution >= 4 is 11.9 Å². The minimum absolute atomic E-state index is 0.194. The number of hydrogen-bond acceptors (Lipinski definition) is 3. The van der Waals surface area contributed by atoms with Gasteiger partial charge < -0.3 is 10.4 Å². The van der Waals surface area contributed by atoms with Gasteiger partial charge >= 0.3 is 5.97 Å². The lowest BCUT2D eigenvalue weighted by atomic mass is 10.1. The monoisotopic (exact) mass is 385 g/mol. The lowest BCUT2D eigenvalue weighted by Gasteiger charge is -2.16. The van der Waals surface area contributed by atoms with E-state index in [1.807, 2.05) is 19.9 Å². The maximum atomic E-state index is 13.9. The van der Waals surface area contributed by atoms with Gasteiger partial charge in [0, 0.05) is 22.9 Å². The average Bonchev–Trinajstić information content (AvgIpc) is 2.98. The van der Waals surface area contributed by atoms with E-state index in [-0.39, 0.29) is 11.1 Å². The molecule has 0 saturated heterocycles. The predicted octanol–water partition coefficient (Wildman–Crippen LogP) is 3.32. The van der Waals surface area contributed by atoms with Gasteiger partial charge in [-0.05, 0) is 50.2 Å². The largest absolute Gasteiger partial charge is 0.479 e. The fourth-order valence-corrected chi connectivity index (χ4v) is 2.87. The summed E-state index contributed by atoms with van der Waals surface area (Å²) in [6.45, 7) is 3.77. The number of aliphatic carboxylic acids is 1. The van der Waals surface area contributed by atoms with E-state index in [2.05, 4.69) is 10.4 Å². The molecule has 1 heterocycles. The van der Waals surface area contributed by atoms with E-state index in [1.165, 1.54) is 12.1 Å². The second-order valence-electron chi connectivity index (χ2n) is 6.30. The van der Waals surface area contributed by atoms with Crippen molar-refractivity contribution in [2.75, 3.05) is 0 Å². The Morgan fingerprint density at radius 3 is 2.29 bits per heavy atom. The van der Waals surface area contributed by atoms with Crippen molar-refractivity contribution in [1.82, 2.24) is 15.1 Å². The summed E-state index contributed by atoms with van der Waals surface area (Å²) in [5, 5.41) is 16.0. The zero-order valence-electron chi connectivity index (χ0n) is 15.1. The Morgan fingerprint density at radius 1 is 1.07 bits per heavy atom. The van der Waals surface area contributed by atoms with E-state index in [9.17, 15) is 23.5 Å². The van der Waals surface area contributed by atoms with Crippen LogP contribution in [0.4, 0.5) is 8.78 Å².